The first-order chi connectivity index (χ1) is 6.72. The van der Waals surface area contributed by atoms with Crippen LogP contribution < -0.4 is 0 Å². The number of pyridine rings is 1. The third kappa shape index (κ3) is 1.29. The molecule has 0 unspecified atom stereocenters. The van der Waals surface area contributed by atoms with E-state index in [2.05, 4.69) is 11.1 Å². The van der Waals surface area contributed by atoms with Crippen molar-refractivity contribution in [2.75, 3.05) is 0 Å². The number of aryl methyl sites for hydroxylation is 2. The second-order valence-corrected chi connectivity index (χ2v) is 3.52. The number of carbonyl (C=O) groups is 1. The molecule has 0 saturated carbocycles. The Hall–Kier alpha value is -1.69. The van der Waals surface area contributed by atoms with Crippen LogP contribution in [0.4, 0.5) is 0 Å². The van der Waals surface area contributed by atoms with E-state index in [9.17, 15) is 4.79 Å². The van der Waals surface area contributed by atoms with Crippen LogP contribution in [0.5, 0.6) is 0 Å². The number of nitriles is 1. The molecule has 0 saturated heterocycles. The van der Waals surface area contributed by atoms with E-state index in [0.717, 1.165) is 18.4 Å². The average Bonchev–Trinajstić information content (AvgIpc) is 2.19. The Labute approximate surface area is 82.4 Å². The van der Waals surface area contributed by atoms with E-state index in [1.807, 2.05) is 0 Å². The van der Waals surface area contributed by atoms with Gasteiger partial charge in [0.1, 0.15) is 11.8 Å². The molecule has 0 radical (unpaired) electrons. The Kier molecular flexibility index (Phi) is 2.05. The van der Waals surface area contributed by atoms with Gasteiger partial charge in [0.2, 0.25) is 0 Å². The number of carbonyl (C=O) groups excluding carboxylic acids is 1. The average molecular weight is 186 g/mol. The highest BCUT2D eigenvalue weighted by Crippen LogP contribution is 2.21. The summed E-state index contributed by atoms with van der Waals surface area (Å²) in [6.45, 7) is 1.76. The molecule has 0 fully saturated rings. The fourth-order valence-electron chi connectivity index (χ4n) is 1.75. The van der Waals surface area contributed by atoms with E-state index >= 15 is 0 Å². The Bertz CT molecular complexity index is 443. The monoisotopic (exact) mass is 186 g/mol. The lowest BCUT2D eigenvalue weighted by Gasteiger charge is -2.14. The maximum atomic E-state index is 11.5. The van der Waals surface area contributed by atoms with Crippen molar-refractivity contribution in [2.24, 2.45) is 0 Å². The summed E-state index contributed by atoms with van der Waals surface area (Å²) in [7, 11) is 0. The molecule has 0 atom stereocenters. The van der Waals surface area contributed by atoms with Gasteiger partial charge in [0, 0.05) is 6.42 Å². The van der Waals surface area contributed by atoms with Crippen LogP contribution in [0.3, 0.4) is 0 Å². The molecule has 1 aromatic heterocycles. The summed E-state index contributed by atoms with van der Waals surface area (Å²) in [5, 5.41) is 8.81. The largest absolute Gasteiger partial charge is 0.292 e. The second kappa shape index (κ2) is 3.22. The van der Waals surface area contributed by atoms with Crippen LogP contribution in [-0.2, 0) is 6.42 Å². The number of fused-ring (bicyclic) bond motifs is 1. The van der Waals surface area contributed by atoms with Crippen LogP contribution in [0.15, 0.2) is 6.07 Å². The van der Waals surface area contributed by atoms with Crippen molar-refractivity contribution in [1.82, 2.24) is 4.98 Å². The predicted octanol–water partition coefficient (Wildman–Crippen LogP) is 1.78. The first kappa shape index (κ1) is 8.89. The summed E-state index contributed by atoms with van der Waals surface area (Å²) in [4.78, 5) is 15.7. The molecule has 0 aliphatic heterocycles. The van der Waals surface area contributed by atoms with E-state index in [1.54, 1.807) is 13.0 Å². The molecule has 1 heterocycles. The lowest BCUT2D eigenvalue weighted by molar-refractivity contribution is 0.0967. The summed E-state index contributed by atoms with van der Waals surface area (Å²) >= 11 is 0. The predicted molar refractivity (Wildman–Crippen MR) is 51.0 cm³/mol. The summed E-state index contributed by atoms with van der Waals surface area (Å²) in [5.74, 6) is 0.110. The summed E-state index contributed by atoms with van der Waals surface area (Å²) in [6.07, 6.45) is 2.33. The Morgan fingerprint density at radius 2 is 2.29 bits per heavy atom. The maximum Gasteiger partial charge on any atom is 0.181 e. The quantitative estimate of drug-likeness (QED) is 0.620. The van der Waals surface area contributed by atoms with Gasteiger partial charge in [0.25, 0.3) is 0 Å². The zero-order valence-corrected chi connectivity index (χ0v) is 8.00. The molecule has 0 N–H and O–H groups in total. The van der Waals surface area contributed by atoms with Gasteiger partial charge in [0.15, 0.2) is 5.78 Å². The van der Waals surface area contributed by atoms with Gasteiger partial charge in [0.05, 0.1) is 11.3 Å². The van der Waals surface area contributed by atoms with Crippen molar-refractivity contribution in [1.29, 1.82) is 5.26 Å². The van der Waals surface area contributed by atoms with Gasteiger partial charge >= 0.3 is 0 Å². The van der Waals surface area contributed by atoms with Gasteiger partial charge < -0.3 is 0 Å². The van der Waals surface area contributed by atoms with E-state index < -0.39 is 0 Å². The molecule has 2 rings (SSSR count). The van der Waals surface area contributed by atoms with Gasteiger partial charge in [-0.3, -0.25) is 4.79 Å². The number of aromatic nitrogens is 1. The summed E-state index contributed by atoms with van der Waals surface area (Å²) in [6, 6.07) is 3.89. The van der Waals surface area contributed by atoms with Crippen molar-refractivity contribution in [3.63, 3.8) is 0 Å². The van der Waals surface area contributed by atoms with Crippen molar-refractivity contribution < 1.29 is 4.79 Å². The number of hydrogen-bond acceptors (Lipinski definition) is 3. The second-order valence-electron chi connectivity index (χ2n) is 3.52. The van der Waals surface area contributed by atoms with E-state index in [4.69, 9.17) is 5.26 Å². The third-order valence-corrected chi connectivity index (χ3v) is 2.53. The minimum Gasteiger partial charge on any atom is -0.292 e. The molecular weight excluding hydrogens is 176 g/mol. The third-order valence-electron chi connectivity index (χ3n) is 2.53. The highest BCUT2D eigenvalue weighted by molar-refractivity contribution is 5.96. The van der Waals surface area contributed by atoms with Crippen LogP contribution in [0.1, 0.15) is 40.2 Å². The van der Waals surface area contributed by atoms with Gasteiger partial charge in [-0.05, 0) is 31.4 Å². The van der Waals surface area contributed by atoms with Crippen LogP contribution in [-0.4, -0.2) is 10.8 Å². The van der Waals surface area contributed by atoms with Crippen molar-refractivity contribution >= 4 is 5.78 Å². The Morgan fingerprint density at radius 1 is 1.50 bits per heavy atom. The van der Waals surface area contributed by atoms with E-state index in [1.165, 1.54) is 0 Å². The van der Waals surface area contributed by atoms with Crippen molar-refractivity contribution in [3.05, 3.63) is 28.6 Å². The maximum absolute atomic E-state index is 11.5. The topological polar surface area (TPSA) is 53.8 Å². The van der Waals surface area contributed by atoms with Crippen LogP contribution in [0.2, 0.25) is 0 Å². The number of Topliss-reactive ketones (excluding diaryl/α,β-unsaturated/α-hetero) is 1. The standard InChI is InChI=1S/C11H10N2O/c1-7-9(6-12)5-8-3-2-4-10(14)11(8)13-7/h5H,2-4H2,1H3. The number of hydrogen-bond donors (Lipinski definition) is 0. The molecule has 1 aliphatic rings. The molecule has 3 heteroatoms. The van der Waals surface area contributed by atoms with Gasteiger partial charge in [-0.1, -0.05) is 0 Å². The smallest absolute Gasteiger partial charge is 0.181 e. The minimum atomic E-state index is 0.110. The van der Waals surface area contributed by atoms with Crippen LogP contribution in [0.25, 0.3) is 0 Å². The van der Waals surface area contributed by atoms with E-state index in [0.29, 0.717) is 23.4 Å². The Morgan fingerprint density at radius 3 is 3.00 bits per heavy atom. The van der Waals surface area contributed by atoms with Crippen molar-refractivity contribution in [3.8, 4) is 6.07 Å². The van der Waals surface area contributed by atoms with Gasteiger partial charge in [-0.25, -0.2) is 4.98 Å². The summed E-state index contributed by atoms with van der Waals surface area (Å²) in [5.41, 5.74) is 2.75. The zero-order chi connectivity index (χ0) is 10.1. The highest BCUT2D eigenvalue weighted by atomic mass is 16.1. The lowest BCUT2D eigenvalue weighted by atomic mass is 9.93. The SMILES string of the molecule is Cc1nc2c(cc1C#N)CCCC2=O. The van der Waals surface area contributed by atoms with Crippen LogP contribution >= 0.6 is 0 Å². The fraction of sp³-hybridized carbons (Fsp3) is 0.364. The normalized spacial score (nSPS) is 14.7. The Balaban J connectivity index is 2.61. The molecule has 1 aliphatic carbocycles. The molecule has 0 amide bonds. The first-order valence-corrected chi connectivity index (χ1v) is 4.66. The molecule has 0 spiro atoms. The highest BCUT2D eigenvalue weighted by Gasteiger charge is 2.19. The number of nitrogens with zero attached hydrogens (tertiary/aromatic N) is 2. The fourth-order valence-corrected chi connectivity index (χ4v) is 1.75. The van der Waals surface area contributed by atoms with Gasteiger partial charge in [-0.15, -0.1) is 0 Å². The lowest BCUT2D eigenvalue weighted by Crippen LogP contribution is -2.14. The number of rotatable bonds is 0. The molecule has 1 aromatic rings. The minimum absolute atomic E-state index is 0.110. The van der Waals surface area contributed by atoms with Gasteiger partial charge in [-0.2, -0.15) is 5.26 Å². The van der Waals surface area contributed by atoms with Crippen LogP contribution in [0, 0.1) is 18.3 Å². The molecule has 0 bridgehead atoms. The molecular formula is C11H10N2O. The van der Waals surface area contributed by atoms with Crippen molar-refractivity contribution in [2.45, 2.75) is 26.2 Å². The zero-order valence-electron chi connectivity index (χ0n) is 8.00. The molecule has 70 valence electrons. The molecule has 14 heavy (non-hydrogen) atoms. The van der Waals surface area contributed by atoms with E-state index in [-0.39, 0.29) is 5.78 Å². The molecule has 3 nitrogen and oxygen atoms in total. The molecule has 0 aromatic carbocycles. The summed E-state index contributed by atoms with van der Waals surface area (Å²) < 4.78 is 0. The first-order valence-electron chi connectivity index (χ1n) is 4.66. The number of ketones is 1.